The van der Waals surface area contributed by atoms with Gasteiger partial charge < -0.3 is 15.5 Å². The third-order valence-corrected chi connectivity index (χ3v) is 5.18. The number of anilines is 1. The predicted molar refractivity (Wildman–Crippen MR) is 118 cm³/mol. The predicted octanol–water partition coefficient (Wildman–Crippen LogP) is 4.49. The zero-order chi connectivity index (χ0) is 22.3. The number of rotatable bonds is 5. The van der Waals surface area contributed by atoms with Gasteiger partial charge in [0.25, 0.3) is 0 Å². The van der Waals surface area contributed by atoms with Crippen molar-refractivity contribution >= 4 is 34.5 Å². The number of nitrogen functional groups attached to an aromatic ring is 1. The van der Waals surface area contributed by atoms with Crippen LogP contribution in [0.25, 0.3) is 16.6 Å². The first-order valence-electron chi connectivity index (χ1n) is 9.39. The number of hydrogen-bond acceptors (Lipinski definition) is 5. The van der Waals surface area contributed by atoms with Crippen LogP contribution in [0.2, 0.25) is 10.2 Å². The molecule has 160 valence electrons. The molecule has 1 aromatic carbocycles. The lowest BCUT2D eigenvalue weighted by molar-refractivity contribution is 0.240. The maximum atomic E-state index is 15.2. The number of nitrogens with one attached hydrogen (secondary N) is 1. The van der Waals surface area contributed by atoms with Crippen LogP contribution < -0.4 is 16.0 Å². The first-order chi connectivity index (χ1) is 14.8. The summed E-state index contributed by atoms with van der Waals surface area (Å²) in [5.74, 6) is 0.459. The fourth-order valence-electron chi connectivity index (χ4n) is 3.36. The van der Waals surface area contributed by atoms with Gasteiger partial charge in [0.1, 0.15) is 17.1 Å². The van der Waals surface area contributed by atoms with Crippen molar-refractivity contribution < 1.29 is 9.13 Å². The summed E-state index contributed by atoms with van der Waals surface area (Å²) < 4.78 is 22.9. The highest BCUT2D eigenvalue weighted by molar-refractivity contribution is 6.33. The second-order valence-corrected chi connectivity index (χ2v) is 7.94. The maximum Gasteiger partial charge on any atom is 0.247 e. The maximum absolute atomic E-state index is 15.2. The van der Waals surface area contributed by atoms with E-state index in [1.54, 1.807) is 16.8 Å². The lowest BCUT2D eigenvalue weighted by Gasteiger charge is -2.20. The minimum atomic E-state index is -0.646. The molecular formula is C21H18Cl2FN5O2. The molecule has 3 heterocycles. The molecular weight excluding hydrogens is 444 g/mol. The van der Waals surface area contributed by atoms with Gasteiger partial charge in [-0.25, -0.2) is 14.4 Å². The van der Waals surface area contributed by atoms with Crippen LogP contribution >= 0.6 is 23.2 Å². The molecule has 0 aliphatic carbocycles. The molecule has 0 saturated heterocycles. The van der Waals surface area contributed by atoms with Gasteiger partial charge in [-0.2, -0.15) is 0 Å². The number of nitrogens with zero attached hydrogens (tertiary/aromatic N) is 3. The molecule has 0 radical (unpaired) electrons. The average Bonchev–Trinajstić information content (AvgIpc) is 3.03. The monoisotopic (exact) mass is 461 g/mol. The van der Waals surface area contributed by atoms with E-state index < -0.39 is 5.82 Å². The molecule has 3 aromatic heterocycles. The van der Waals surface area contributed by atoms with Gasteiger partial charge >= 0.3 is 0 Å². The van der Waals surface area contributed by atoms with E-state index in [0.29, 0.717) is 28.2 Å². The SMILES string of the molecule is CC(C)Oc1c(Cc2nc(Cl)c3c(N)nccn23)cc(Cl)c(F)c1-c1ccc(=O)[nH]c1. The zero-order valence-electron chi connectivity index (χ0n) is 16.6. The highest BCUT2D eigenvalue weighted by atomic mass is 35.5. The standard InChI is InChI=1S/C21H18Cl2FN5O2/c1-10(2)31-19-12(8-14-28-20(23)18-21(25)26-5-6-29(14)18)7-13(22)17(24)16(19)11-3-4-15(30)27-9-11/h3-7,9-10H,8H2,1-2H3,(H2,25,26)(H,27,30). The molecule has 0 fully saturated rings. The Bertz CT molecular complexity index is 1330. The Labute approximate surface area is 186 Å². The lowest BCUT2D eigenvalue weighted by atomic mass is 9.99. The number of pyridine rings is 1. The molecule has 0 unspecified atom stereocenters. The minimum Gasteiger partial charge on any atom is -0.490 e. The number of fused-ring (bicyclic) bond motifs is 1. The minimum absolute atomic E-state index is 0.0829. The average molecular weight is 462 g/mol. The van der Waals surface area contributed by atoms with Crippen LogP contribution in [0.1, 0.15) is 25.2 Å². The topological polar surface area (TPSA) is 98.3 Å². The van der Waals surface area contributed by atoms with Crippen LogP contribution in [0, 0.1) is 5.82 Å². The summed E-state index contributed by atoms with van der Waals surface area (Å²) in [6.45, 7) is 3.67. The number of benzene rings is 1. The van der Waals surface area contributed by atoms with Gasteiger partial charge in [0.15, 0.2) is 16.8 Å². The number of hydrogen-bond donors (Lipinski definition) is 2. The van der Waals surface area contributed by atoms with Gasteiger partial charge in [0, 0.05) is 42.2 Å². The molecule has 4 aromatic rings. The lowest BCUT2D eigenvalue weighted by Crippen LogP contribution is -2.11. The molecule has 3 N–H and O–H groups in total. The Morgan fingerprint density at radius 1 is 1.32 bits per heavy atom. The Morgan fingerprint density at radius 3 is 2.77 bits per heavy atom. The normalized spacial score (nSPS) is 11.4. The van der Waals surface area contributed by atoms with Crippen molar-refractivity contribution in [3.8, 4) is 16.9 Å². The van der Waals surface area contributed by atoms with Crippen molar-refractivity contribution in [2.75, 3.05) is 5.73 Å². The highest BCUT2D eigenvalue weighted by Crippen LogP contribution is 2.40. The number of ether oxygens (including phenoxy) is 1. The number of halogens is 3. The Kier molecular flexibility index (Phi) is 5.60. The van der Waals surface area contributed by atoms with Crippen molar-refractivity contribution in [3.63, 3.8) is 0 Å². The Morgan fingerprint density at radius 2 is 2.10 bits per heavy atom. The number of imidazole rings is 1. The van der Waals surface area contributed by atoms with Crippen molar-refractivity contribution in [1.29, 1.82) is 0 Å². The van der Waals surface area contributed by atoms with Crippen LogP contribution in [0.5, 0.6) is 5.75 Å². The summed E-state index contributed by atoms with van der Waals surface area (Å²) in [7, 11) is 0. The first kappa shape index (κ1) is 21.1. The van der Waals surface area contributed by atoms with E-state index >= 15 is 4.39 Å². The summed E-state index contributed by atoms with van der Waals surface area (Å²) in [5, 5.41) is 0.126. The number of aromatic nitrogens is 4. The van der Waals surface area contributed by atoms with Gasteiger partial charge in [0.2, 0.25) is 5.56 Å². The van der Waals surface area contributed by atoms with Crippen molar-refractivity contribution in [3.05, 3.63) is 74.5 Å². The first-order valence-corrected chi connectivity index (χ1v) is 10.2. The number of H-pyrrole nitrogens is 1. The van der Waals surface area contributed by atoms with Crippen LogP contribution in [-0.4, -0.2) is 25.5 Å². The summed E-state index contributed by atoms with van der Waals surface area (Å²) in [5.41, 5.74) is 7.30. The van der Waals surface area contributed by atoms with Crippen LogP contribution in [0.15, 0.2) is 41.6 Å². The summed E-state index contributed by atoms with van der Waals surface area (Å²) in [6, 6.07) is 4.33. The van der Waals surface area contributed by atoms with Crippen LogP contribution in [-0.2, 0) is 6.42 Å². The van der Waals surface area contributed by atoms with Gasteiger partial charge in [0.05, 0.1) is 16.7 Å². The number of aromatic amines is 1. The van der Waals surface area contributed by atoms with E-state index in [9.17, 15) is 4.79 Å². The molecule has 10 heteroatoms. The molecule has 0 amide bonds. The van der Waals surface area contributed by atoms with Crippen molar-refractivity contribution in [1.82, 2.24) is 19.4 Å². The highest BCUT2D eigenvalue weighted by Gasteiger charge is 2.23. The summed E-state index contributed by atoms with van der Waals surface area (Å²) in [6.07, 6.45) is 4.63. The largest absolute Gasteiger partial charge is 0.490 e. The van der Waals surface area contributed by atoms with Crippen LogP contribution in [0.4, 0.5) is 10.2 Å². The van der Waals surface area contributed by atoms with Gasteiger partial charge in [-0.05, 0) is 26.0 Å². The molecule has 0 atom stereocenters. The fraction of sp³-hybridized carbons (Fsp3) is 0.190. The van der Waals surface area contributed by atoms with Crippen molar-refractivity contribution in [2.45, 2.75) is 26.4 Å². The van der Waals surface area contributed by atoms with E-state index in [1.165, 1.54) is 24.4 Å². The third kappa shape index (κ3) is 3.96. The molecule has 7 nitrogen and oxygen atoms in total. The molecule has 4 rings (SSSR count). The summed E-state index contributed by atoms with van der Waals surface area (Å²) >= 11 is 12.5. The molecule has 0 bridgehead atoms. The molecule has 31 heavy (non-hydrogen) atoms. The van der Waals surface area contributed by atoms with E-state index in [1.807, 2.05) is 13.8 Å². The van der Waals surface area contributed by atoms with E-state index in [2.05, 4.69) is 15.0 Å². The van der Waals surface area contributed by atoms with Crippen molar-refractivity contribution in [2.24, 2.45) is 0 Å². The Hall–Kier alpha value is -3.10. The smallest absolute Gasteiger partial charge is 0.247 e. The second kappa shape index (κ2) is 8.20. The van der Waals surface area contributed by atoms with Crippen LogP contribution in [0.3, 0.4) is 0 Å². The van der Waals surface area contributed by atoms with Gasteiger partial charge in [-0.3, -0.25) is 9.20 Å². The van der Waals surface area contributed by atoms with Gasteiger partial charge in [-0.1, -0.05) is 23.2 Å². The summed E-state index contributed by atoms with van der Waals surface area (Å²) in [4.78, 5) is 22.5. The van der Waals surface area contributed by atoms with E-state index in [4.69, 9.17) is 33.7 Å². The molecule has 0 spiro atoms. The molecule has 0 saturated carbocycles. The van der Waals surface area contributed by atoms with E-state index in [-0.39, 0.29) is 39.6 Å². The number of nitrogens with two attached hydrogens (primary N) is 1. The fourth-order valence-corrected chi connectivity index (χ4v) is 3.87. The molecule has 0 aliphatic rings. The quantitative estimate of drug-likeness (QED) is 0.456. The second-order valence-electron chi connectivity index (χ2n) is 7.17. The molecule has 0 aliphatic heterocycles. The van der Waals surface area contributed by atoms with E-state index in [0.717, 1.165) is 0 Å². The van der Waals surface area contributed by atoms with Gasteiger partial charge in [-0.15, -0.1) is 0 Å². The zero-order valence-corrected chi connectivity index (χ0v) is 18.1. The third-order valence-electron chi connectivity index (χ3n) is 4.64. The Balaban J connectivity index is 1.93.